The van der Waals surface area contributed by atoms with Gasteiger partial charge >= 0.3 is 0 Å². The maximum absolute atomic E-state index is 12.8. The molecule has 158 valence electrons. The molecule has 0 bridgehead atoms. The van der Waals surface area contributed by atoms with Crippen LogP contribution in [0.1, 0.15) is 36.2 Å². The third kappa shape index (κ3) is 6.48. The largest absolute Gasteiger partial charge is 0.548 e. The quantitative estimate of drug-likeness (QED) is 0.614. The number of nitrogens with one attached hydrogen (secondary N) is 2. The summed E-state index contributed by atoms with van der Waals surface area (Å²) < 4.78 is 5.20. The first-order valence-corrected chi connectivity index (χ1v) is 9.54. The van der Waals surface area contributed by atoms with E-state index in [-0.39, 0.29) is 23.6 Å². The van der Waals surface area contributed by atoms with E-state index >= 15 is 0 Å². The number of amides is 2. The topological polar surface area (TPSA) is 108 Å². The number of benzene rings is 2. The fraction of sp³-hybridized carbons (Fsp3) is 0.261. The third-order valence-corrected chi connectivity index (χ3v) is 4.25. The third-order valence-electron chi connectivity index (χ3n) is 4.25. The lowest BCUT2D eigenvalue weighted by Gasteiger charge is -2.22. The molecule has 2 rings (SSSR count). The maximum atomic E-state index is 12.8. The van der Waals surface area contributed by atoms with Crippen molar-refractivity contribution in [3.8, 4) is 5.75 Å². The Morgan fingerprint density at radius 3 is 2.27 bits per heavy atom. The number of hydrogen-bond acceptors (Lipinski definition) is 5. The summed E-state index contributed by atoms with van der Waals surface area (Å²) in [6.07, 6.45) is 1.68. The van der Waals surface area contributed by atoms with Crippen LogP contribution in [0.2, 0.25) is 0 Å². The van der Waals surface area contributed by atoms with Gasteiger partial charge in [-0.05, 0) is 36.1 Å². The molecule has 0 aliphatic heterocycles. The number of aliphatic carboxylic acids is 1. The standard InChI is InChI=1S/C23H26N2O5/c1-15(2)13-19(23(28)29)25-22(27)18(14-16-9-5-4-6-10-16)24-21(26)17-11-7-8-12-20(17)30-3/h4-12,14-15,19H,13H2,1-3H3,(H,24,26)(H,25,27)(H,28,29)/p-1/b18-14+/t19-/m0/s1. The van der Waals surface area contributed by atoms with Gasteiger partial charge in [0.15, 0.2) is 0 Å². The predicted octanol–water partition coefficient (Wildman–Crippen LogP) is 1.75. The van der Waals surface area contributed by atoms with E-state index in [1.165, 1.54) is 13.2 Å². The lowest BCUT2D eigenvalue weighted by atomic mass is 10.0. The van der Waals surface area contributed by atoms with Gasteiger partial charge < -0.3 is 25.3 Å². The van der Waals surface area contributed by atoms with Crippen LogP contribution in [-0.2, 0) is 9.59 Å². The van der Waals surface area contributed by atoms with Gasteiger partial charge in [0.1, 0.15) is 11.4 Å². The molecule has 1 atom stereocenters. The Morgan fingerprint density at radius 2 is 1.67 bits per heavy atom. The van der Waals surface area contributed by atoms with Crippen molar-refractivity contribution in [1.82, 2.24) is 10.6 Å². The highest BCUT2D eigenvalue weighted by atomic mass is 16.5. The first kappa shape index (κ1) is 22.7. The number of carboxylic acids is 1. The van der Waals surface area contributed by atoms with Crippen molar-refractivity contribution in [3.63, 3.8) is 0 Å². The van der Waals surface area contributed by atoms with E-state index in [1.54, 1.807) is 48.5 Å². The van der Waals surface area contributed by atoms with Gasteiger partial charge in [-0.25, -0.2) is 0 Å². The molecule has 30 heavy (non-hydrogen) atoms. The van der Waals surface area contributed by atoms with E-state index in [9.17, 15) is 19.5 Å². The van der Waals surface area contributed by atoms with E-state index in [4.69, 9.17) is 4.74 Å². The summed E-state index contributed by atoms with van der Waals surface area (Å²) in [6, 6.07) is 14.3. The molecule has 7 heteroatoms. The van der Waals surface area contributed by atoms with Gasteiger partial charge in [0.25, 0.3) is 11.8 Å². The van der Waals surface area contributed by atoms with E-state index in [0.717, 1.165) is 0 Å². The van der Waals surface area contributed by atoms with Crippen molar-refractivity contribution >= 4 is 23.9 Å². The van der Waals surface area contributed by atoms with E-state index in [1.807, 2.05) is 19.9 Å². The zero-order valence-corrected chi connectivity index (χ0v) is 17.2. The average molecular weight is 409 g/mol. The number of carboxylic acid groups (broad SMARTS) is 1. The number of rotatable bonds is 9. The molecule has 7 nitrogen and oxygen atoms in total. The van der Waals surface area contributed by atoms with Gasteiger partial charge in [0.05, 0.1) is 24.7 Å². The first-order chi connectivity index (χ1) is 14.3. The smallest absolute Gasteiger partial charge is 0.268 e. The molecule has 0 saturated carbocycles. The second-order valence-corrected chi connectivity index (χ2v) is 7.10. The van der Waals surface area contributed by atoms with Crippen LogP contribution in [0, 0.1) is 5.92 Å². The molecule has 0 fully saturated rings. The van der Waals surface area contributed by atoms with Crippen LogP contribution in [-0.4, -0.2) is 30.9 Å². The van der Waals surface area contributed by atoms with Gasteiger partial charge in [0.2, 0.25) is 0 Å². The number of carbonyl (C=O) groups is 3. The molecule has 2 amide bonds. The zero-order chi connectivity index (χ0) is 22.1. The van der Waals surface area contributed by atoms with Crippen molar-refractivity contribution in [2.24, 2.45) is 5.92 Å². The molecule has 0 aliphatic rings. The van der Waals surface area contributed by atoms with Crippen molar-refractivity contribution in [2.45, 2.75) is 26.3 Å². The van der Waals surface area contributed by atoms with Crippen molar-refractivity contribution in [1.29, 1.82) is 0 Å². The summed E-state index contributed by atoms with van der Waals surface area (Å²) in [7, 11) is 1.44. The molecule has 0 unspecified atom stereocenters. The monoisotopic (exact) mass is 409 g/mol. The minimum atomic E-state index is -1.38. The van der Waals surface area contributed by atoms with Crippen LogP contribution in [0.15, 0.2) is 60.3 Å². The molecule has 2 aromatic rings. The normalized spacial score (nSPS) is 12.2. The molecule has 0 heterocycles. The second-order valence-electron chi connectivity index (χ2n) is 7.10. The lowest BCUT2D eigenvalue weighted by molar-refractivity contribution is -0.308. The van der Waals surface area contributed by atoms with E-state index in [0.29, 0.717) is 11.3 Å². The molecule has 0 spiro atoms. The van der Waals surface area contributed by atoms with Crippen LogP contribution in [0.4, 0.5) is 0 Å². The van der Waals surface area contributed by atoms with Crippen LogP contribution in [0.3, 0.4) is 0 Å². The van der Waals surface area contributed by atoms with Gasteiger partial charge in [-0.1, -0.05) is 56.3 Å². The van der Waals surface area contributed by atoms with Crippen molar-refractivity contribution < 1.29 is 24.2 Å². The maximum Gasteiger partial charge on any atom is 0.268 e. The number of ether oxygens (including phenoxy) is 1. The minimum Gasteiger partial charge on any atom is -0.548 e. The van der Waals surface area contributed by atoms with Crippen LogP contribution in [0.5, 0.6) is 5.75 Å². The Kier molecular flexibility index (Phi) is 8.17. The fourth-order valence-corrected chi connectivity index (χ4v) is 2.82. The summed E-state index contributed by atoms with van der Waals surface area (Å²) in [5.74, 6) is -2.29. The Labute approximate surface area is 175 Å². The van der Waals surface area contributed by atoms with Gasteiger partial charge in [-0.3, -0.25) is 9.59 Å². The Bertz CT molecular complexity index is 922. The van der Waals surface area contributed by atoms with Gasteiger partial charge in [-0.2, -0.15) is 0 Å². The number of hydrogen-bond donors (Lipinski definition) is 2. The summed E-state index contributed by atoms with van der Waals surface area (Å²) >= 11 is 0. The molecule has 0 radical (unpaired) electrons. The second kappa shape index (κ2) is 10.8. The number of para-hydroxylation sites is 1. The lowest BCUT2D eigenvalue weighted by Crippen LogP contribution is -2.50. The molecule has 0 aromatic heterocycles. The molecule has 0 aliphatic carbocycles. The van der Waals surface area contributed by atoms with Crippen LogP contribution in [0.25, 0.3) is 6.08 Å². The van der Waals surface area contributed by atoms with Gasteiger partial charge in [0, 0.05) is 0 Å². The van der Waals surface area contributed by atoms with E-state index < -0.39 is 23.8 Å². The van der Waals surface area contributed by atoms with Crippen LogP contribution < -0.4 is 20.5 Å². The van der Waals surface area contributed by atoms with Crippen molar-refractivity contribution in [3.05, 3.63) is 71.4 Å². The molecular weight excluding hydrogens is 384 g/mol. The Morgan fingerprint density at radius 1 is 1.03 bits per heavy atom. The highest BCUT2D eigenvalue weighted by Gasteiger charge is 2.21. The summed E-state index contributed by atoms with van der Waals surface area (Å²) in [5, 5.41) is 16.4. The first-order valence-electron chi connectivity index (χ1n) is 9.54. The van der Waals surface area contributed by atoms with Gasteiger partial charge in [-0.15, -0.1) is 0 Å². The highest BCUT2D eigenvalue weighted by Crippen LogP contribution is 2.18. The predicted molar refractivity (Wildman–Crippen MR) is 111 cm³/mol. The SMILES string of the molecule is COc1ccccc1C(=O)N/C(=C/c1ccccc1)C(=O)N[C@@H](CC(C)C)C(=O)[O-]. The van der Waals surface area contributed by atoms with E-state index in [2.05, 4.69) is 10.6 Å². The average Bonchev–Trinajstić information content (AvgIpc) is 2.72. The highest BCUT2D eigenvalue weighted by molar-refractivity contribution is 6.06. The number of methoxy groups -OCH3 is 1. The Hall–Kier alpha value is -3.61. The fourth-order valence-electron chi connectivity index (χ4n) is 2.82. The Balaban J connectivity index is 2.33. The van der Waals surface area contributed by atoms with Crippen LogP contribution >= 0.6 is 0 Å². The zero-order valence-electron chi connectivity index (χ0n) is 17.2. The molecular formula is C23H25N2O5-. The molecule has 0 saturated heterocycles. The number of carbonyl (C=O) groups excluding carboxylic acids is 3. The summed E-state index contributed by atoms with van der Waals surface area (Å²) in [5.41, 5.74) is 0.814. The summed E-state index contributed by atoms with van der Waals surface area (Å²) in [6.45, 7) is 3.68. The minimum absolute atomic E-state index is 0.0259. The summed E-state index contributed by atoms with van der Waals surface area (Å²) in [4.78, 5) is 37.1. The van der Waals surface area contributed by atoms with Crippen molar-refractivity contribution in [2.75, 3.05) is 7.11 Å². The molecule has 2 aromatic carbocycles. The molecule has 2 N–H and O–H groups in total.